The Morgan fingerprint density at radius 2 is 1.92 bits per heavy atom. The maximum atomic E-state index is 12.9. The zero-order valence-electron chi connectivity index (χ0n) is 19.3. The van der Waals surface area contributed by atoms with Gasteiger partial charge in [0.2, 0.25) is 5.75 Å². The van der Waals surface area contributed by atoms with E-state index >= 15 is 0 Å². The highest BCUT2D eigenvalue weighted by molar-refractivity contribution is 6.31. The molecule has 36 heavy (non-hydrogen) atoms. The summed E-state index contributed by atoms with van der Waals surface area (Å²) < 4.78 is 7.73. The molecule has 11 heteroatoms. The lowest BCUT2D eigenvalue weighted by molar-refractivity contribution is 0.101. The van der Waals surface area contributed by atoms with Gasteiger partial charge in [0.15, 0.2) is 5.69 Å². The molecule has 2 N–H and O–H groups in total. The zero-order valence-corrected chi connectivity index (χ0v) is 20.0. The lowest BCUT2D eigenvalue weighted by atomic mass is 9.93. The second-order valence-electron chi connectivity index (χ2n) is 8.32. The van der Waals surface area contributed by atoms with Gasteiger partial charge in [-0.1, -0.05) is 60.1 Å². The number of hydrogen-bond acceptors (Lipinski definition) is 7. The third-order valence-corrected chi connectivity index (χ3v) is 6.37. The number of aromatic hydroxyl groups is 1. The Balaban J connectivity index is 1.65. The number of nitrogens with one attached hydrogen (secondary N) is 1. The molecule has 182 valence electrons. The molecule has 0 fully saturated rings. The van der Waals surface area contributed by atoms with E-state index in [1.807, 2.05) is 55.6 Å². The zero-order chi connectivity index (χ0) is 25.4. The predicted molar refractivity (Wildman–Crippen MR) is 133 cm³/mol. The molecule has 5 rings (SSSR count). The van der Waals surface area contributed by atoms with Crippen molar-refractivity contribution < 1.29 is 14.4 Å². The Kier molecular flexibility index (Phi) is 6.03. The summed E-state index contributed by atoms with van der Waals surface area (Å²) in [7, 11) is 1.49. The Bertz CT molecular complexity index is 1590. The van der Waals surface area contributed by atoms with Crippen LogP contribution in [0.4, 0.5) is 5.69 Å². The second-order valence-corrected chi connectivity index (χ2v) is 8.73. The smallest absolute Gasteiger partial charge is 0.296 e. The molecule has 0 saturated carbocycles. The van der Waals surface area contributed by atoms with Crippen LogP contribution in [-0.4, -0.2) is 35.5 Å². The van der Waals surface area contributed by atoms with Crippen LogP contribution in [0.1, 0.15) is 40.8 Å². The first-order chi connectivity index (χ1) is 17.3. The standard InChI is InChI=1S/C25H21ClN6O4/c1-14(23-29-20(22(33)25(35)31(23)2)24(34)28-16-11-27-36-13-16)21(17-8-4-5-9-18(17)26)32-12-15-7-3-6-10-19(15)30-32/h3-14,21,33H,1-2H3,(H,28,34)/t14-,21+/m0/s1. The first kappa shape index (κ1) is 23.3. The van der Waals surface area contributed by atoms with Crippen LogP contribution in [0.3, 0.4) is 0 Å². The summed E-state index contributed by atoms with van der Waals surface area (Å²) in [5, 5.41) is 22.7. The molecule has 1 amide bonds. The van der Waals surface area contributed by atoms with Gasteiger partial charge in [-0.15, -0.1) is 0 Å². The minimum Gasteiger partial charge on any atom is -0.501 e. The summed E-state index contributed by atoms with van der Waals surface area (Å²) >= 11 is 6.61. The van der Waals surface area contributed by atoms with E-state index in [0.29, 0.717) is 5.02 Å². The average Bonchev–Trinajstić information content (AvgIpc) is 3.53. The van der Waals surface area contributed by atoms with E-state index in [0.717, 1.165) is 16.5 Å². The van der Waals surface area contributed by atoms with E-state index in [4.69, 9.17) is 21.2 Å². The highest BCUT2D eigenvalue weighted by Gasteiger charge is 2.31. The third-order valence-electron chi connectivity index (χ3n) is 6.03. The van der Waals surface area contributed by atoms with E-state index in [2.05, 4.69) is 15.5 Å². The number of halogens is 1. The van der Waals surface area contributed by atoms with E-state index in [1.165, 1.54) is 24.1 Å². The van der Waals surface area contributed by atoms with Crippen molar-refractivity contribution in [3.63, 3.8) is 0 Å². The van der Waals surface area contributed by atoms with Gasteiger partial charge in [-0.05, 0) is 17.7 Å². The molecular formula is C25H21ClN6O4. The van der Waals surface area contributed by atoms with Gasteiger partial charge < -0.3 is 14.9 Å². The van der Waals surface area contributed by atoms with Crippen molar-refractivity contribution in [3.05, 3.63) is 99.6 Å². The van der Waals surface area contributed by atoms with E-state index in [-0.39, 0.29) is 11.5 Å². The molecule has 0 aliphatic rings. The molecule has 2 atom stereocenters. The van der Waals surface area contributed by atoms with Gasteiger partial charge >= 0.3 is 0 Å². The third kappa shape index (κ3) is 4.11. The lowest BCUT2D eigenvalue weighted by Gasteiger charge is -2.27. The molecule has 3 aromatic heterocycles. The molecule has 0 unspecified atom stereocenters. The minimum absolute atomic E-state index is 0.258. The number of aromatic nitrogens is 5. The van der Waals surface area contributed by atoms with Crippen molar-refractivity contribution in [1.29, 1.82) is 0 Å². The van der Waals surface area contributed by atoms with Crippen LogP contribution >= 0.6 is 11.6 Å². The number of fused-ring (bicyclic) bond motifs is 1. The van der Waals surface area contributed by atoms with Crippen LogP contribution in [-0.2, 0) is 7.05 Å². The SMILES string of the molecule is C[C@H](c1nc(C(=O)Nc2cnoc2)c(O)c(=O)n1C)[C@H](c1ccccc1Cl)n1cc2ccccc2n1. The number of rotatable bonds is 6. The first-order valence-corrected chi connectivity index (χ1v) is 11.4. The van der Waals surface area contributed by atoms with Crippen molar-refractivity contribution in [3.8, 4) is 5.75 Å². The lowest BCUT2D eigenvalue weighted by Crippen LogP contribution is -2.30. The van der Waals surface area contributed by atoms with Crippen LogP contribution in [0.25, 0.3) is 10.9 Å². The number of carbonyl (C=O) groups is 1. The molecule has 5 aromatic rings. The molecule has 10 nitrogen and oxygen atoms in total. The Labute approximate surface area is 209 Å². The van der Waals surface area contributed by atoms with Gasteiger partial charge in [-0.3, -0.25) is 18.8 Å². The van der Waals surface area contributed by atoms with Gasteiger partial charge in [0.05, 0.1) is 17.8 Å². The van der Waals surface area contributed by atoms with Gasteiger partial charge in [0, 0.05) is 29.6 Å². The molecule has 0 radical (unpaired) electrons. The maximum Gasteiger partial charge on any atom is 0.296 e. The average molecular weight is 505 g/mol. The summed E-state index contributed by atoms with van der Waals surface area (Å²) in [4.78, 5) is 30.2. The van der Waals surface area contributed by atoms with Crippen molar-refractivity contribution in [1.82, 2.24) is 24.5 Å². The topological polar surface area (TPSA) is 128 Å². The Morgan fingerprint density at radius 1 is 1.17 bits per heavy atom. The number of benzene rings is 2. The van der Waals surface area contributed by atoms with Crippen molar-refractivity contribution in [2.24, 2.45) is 7.05 Å². The van der Waals surface area contributed by atoms with Crippen LogP contribution in [0, 0.1) is 0 Å². The van der Waals surface area contributed by atoms with Crippen LogP contribution in [0.15, 0.2) is 76.5 Å². The summed E-state index contributed by atoms with van der Waals surface area (Å²) in [6.07, 6.45) is 4.41. The fraction of sp³-hybridized carbons (Fsp3) is 0.160. The summed E-state index contributed by atoms with van der Waals surface area (Å²) in [5.41, 5.74) is 0.643. The van der Waals surface area contributed by atoms with Crippen LogP contribution in [0.2, 0.25) is 5.02 Å². The van der Waals surface area contributed by atoms with Gasteiger partial charge in [-0.25, -0.2) is 4.98 Å². The number of carbonyl (C=O) groups excluding carboxylic acids is 1. The first-order valence-electron chi connectivity index (χ1n) is 11.0. The molecular weight excluding hydrogens is 484 g/mol. The second kappa shape index (κ2) is 9.31. The van der Waals surface area contributed by atoms with Crippen molar-refractivity contribution in [2.75, 3.05) is 5.32 Å². The van der Waals surface area contributed by atoms with E-state index in [9.17, 15) is 14.7 Å². The van der Waals surface area contributed by atoms with E-state index in [1.54, 1.807) is 10.7 Å². The summed E-state index contributed by atoms with van der Waals surface area (Å²) in [6.45, 7) is 1.86. The van der Waals surface area contributed by atoms with E-state index < -0.39 is 34.9 Å². The number of anilines is 1. The molecule has 0 aliphatic carbocycles. The highest BCUT2D eigenvalue weighted by atomic mass is 35.5. The summed E-state index contributed by atoms with van der Waals surface area (Å²) in [5.74, 6) is -1.78. The molecule has 0 bridgehead atoms. The maximum absolute atomic E-state index is 12.9. The predicted octanol–water partition coefficient (Wildman–Crippen LogP) is 4.12. The normalized spacial score (nSPS) is 13.0. The van der Waals surface area contributed by atoms with Crippen LogP contribution < -0.4 is 10.9 Å². The Hall–Kier alpha value is -4.44. The largest absolute Gasteiger partial charge is 0.501 e. The number of hydrogen-bond donors (Lipinski definition) is 2. The number of nitrogens with zero attached hydrogens (tertiary/aromatic N) is 5. The fourth-order valence-electron chi connectivity index (χ4n) is 4.25. The quantitative estimate of drug-likeness (QED) is 0.356. The van der Waals surface area contributed by atoms with Gasteiger partial charge in [-0.2, -0.15) is 5.10 Å². The molecule has 0 spiro atoms. The highest BCUT2D eigenvalue weighted by Crippen LogP contribution is 2.37. The van der Waals surface area contributed by atoms with Crippen molar-refractivity contribution in [2.45, 2.75) is 18.9 Å². The summed E-state index contributed by atoms with van der Waals surface area (Å²) in [6, 6.07) is 14.6. The van der Waals surface area contributed by atoms with Gasteiger partial charge in [0.1, 0.15) is 17.8 Å². The fourth-order valence-corrected chi connectivity index (χ4v) is 4.50. The monoisotopic (exact) mass is 504 g/mol. The van der Waals surface area contributed by atoms with Crippen molar-refractivity contribution >= 4 is 34.1 Å². The number of amides is 1. The van der Waals surface area contributed by atoms with Crippen LogP contribution in [0.5, 0.6) is 5.75 Å². The molecule has 0 saturated heterocycles. The van der Waals surface area contributed by atoms with Gasteiger partial charge in [0.25, 0.3) is 11.5 Å². The Morgan fingerprint density at radius 3 is 2.64 bits per heavy atom. The minimum atomic E-state index is -0.777. The molecule has 3 heterocycles. The molecule has 2 aromatic carbocycles. The molecule has 0 aliphatic heterocycles.